The van der Waals surface area contributed by atoms with Crippen molar-refractivity contribution < 1.29 is 4.74 Å². The minimum Gasteiger partial charge on any atom is -0.378 e. The van der Waals surface area contributed by atoms with Crippen molar-refractivity contribution in [3.8, 4) is 0 Å². The first-order valence-corrected chi connectivity index (χ1v) is 14.5. The fourth-order valence-corrected chi connectivity index (χ4v) is 9.12. The summed E-state index contributed by atoms with van der Waals surface area (Å²) in [7, 11) is 0. The number of hydrogen-bond acceptors (Lipinski definition) is 1. The second-order valence-corrected chi connectivity index (χ2v) is 13.9. The molecule has 32 heavy (non-hydrogen) atoms. The van der Waals surface area contributed by atoms with Crippen LogP contribution in [0.5, 0.6) is 0 Å². The molecule has 4 aliphatic rings. The average molecular weight is 443 g/mol. The quantitative estimate of drug-likeness (QED) is 0.341. The Bertz CT molecular complexity index is 661. The van der Waals surface area contributed by atoms with E-state index < -0.39 is 0 Å². The highest BCUT2D eigenvalue weighted by atomic mass is 16.5. The van der Waals surface area contributed by atoms with Crippen LogP contribution in [0.25, 0.3) is 0 Å². The molecule has 0 aliphatic heterocycles. The molecule has 8 atom stereocenters. The SMILES string of the molecule is CC(C)CCCC(C)C1CCC2C3CC=C4C[C@@H](OCC(C)C)CCC4(C)C3CCC12C. The highest BCUT2D eigenvalue weighted by molar-refractivity contribution is 5.25. The monoisotopic (exact) mass is 442 g/mol. The van der Waals surface area contributed by atoms with Gasteiger partial charge in [-0.25, -0.2) is 0 Å². The van der Waals surface area contributed by atoms with Crippen LogP contribution in [0, 0.1) is 52.3 Å². The molecule has 7 unspecified atom stereocenters. The van der Waals surface area contributed by atoms with Crippen LogP contribution in [0.3, 0.4) is 0 Å². The molecule has 4 aliphatic carbocycles. The van der Waals surface area contributed by atoms with Gasteiger partial charge in [-0.15, -0.1) is 0 Å². The second-order valence-electron chi connectivity index (χ2n) is 13.9. The van der Waals surface area contributed by atoms with Crippen molar-refractivity contribution >= 4 is 0 Å². The van der Waals surface area contributed by atoms with Crippen LogP contribution >= 0.6 is 0 Å². The highest BCUT2D eigenvalue weighted by Gasteiger charge is 2.59. The maximum Gasteiger partial charge on any atom is 0.0612 e. The normalized spacial score (nSPS) is 42.4. The van der Waals surface area contributed by atoms with Gasteiger partial charge in [-0.3, -0.25) is 0 Å². The molecular weight excluding hydrogens is 388 g/mol. The summed E-state index contributed by atoms with van der Waals surface area (Å²) in [5, 5.41) is 0. The molecule has 0 bridgehead atoms. The van der Waals surface area contributed by atoms with E-state index in [1.165, 1.54) is 70.6 Å². The van der Waals surface area contributed by atoms with Gasteiger partial charge in [0.15, 0.2) is 0 Å². The van der Waals surface area contributed by atoms with Gasteiger partial charge in [-0.05, 0) is 104 Å². The van der Waals surface area contributed by atoms with E-state index in [0.717, 1.165) is 42.1 Å². The molecule has 0 spiro atoms. The molecule has 0 aromatic heterocycles. The Morgan fingerprint density at radius 3 is 2.41 bits per heavy atom. The van der Waals surface area contributed by atoms with Gasteiger partial charge in [0.25, 0.3) is 0 Å². The smallest absolute Gasteiger partial charge is 0.0612 e. The molecule has 0 saturated heterocycles. The molecule has 1 nitrogen and oxygen atoms in total. The van der Waals surface area contributed by atoms with Crippen LogP contribution in [0.15, 0.2) is 11.6 Å². The summed E-state index contributed by atoms with van der Waals surface area (Å²) in [6.45, 7) is 18.2. The lowest BCUT2D eigenvalue weighted by Crippen LogP contribution is -2.51. The summed E-state index contributed by atoms with van der Waals surface area (Å²) >= 11 is 0. The Kier molecular flexibility index (Phi) is 7.56. The van der Waals surface area contributed by atoms with Crippen LogP contribution in [-0.2, 0) is 4.74 Å². The van der Waals surface area contributed by atoms with Gasteiger partial charge in [0.1, 0.15) is 0 Å². The lowest BCUT2D eigenvalue weighted by atomic mass is 9.47. The van der Waals surface area contributed by atoms with Crippen LogP contribution < -0.4 is 0 Å². The van der Waals surface area contributed by atoms with Crippen LogP contribution in [-0.4, -0.2) is 12.7 Å². The second kappa shape index (κ2) is 9.75. The van der Waals surface area contributed by atoms with Crippen LogP contribution in [0.4, 0.5) is 0 Å². The number of hydrogen-bond donors (Lipinski definition) is 0. The van der Waals surface area contributed by atoms with Gasteiger partial charge in [0.05, 0.1) is 6.10 Å². The molecule has 1 heteroatoms. The third-order valence-electron chi connectivity index (χ3n) is 10.9. The van der Waals surface area contributed by atoms with E-state index in [0.29, 0.717) is 22.9 Å². The summed E-state index contributed by atoms with van der Waals surface area (Å²) in [6.07, 6.45) is 18.7. The zero-order valence-corrected chi connectivity index (χ0v) is 22.6. The maximum atomic E-state index is 6.31. The Morgan fingerprint density at radius 2 is 1.69 bits per heavy atom. The zero-order chi connectivity index (χ0) is 23.1. The maximum absolute atomic E-state index is 6.31. The van der Waals surface area contributed by atoms with Crippen molar-refractivity contribution in [2.24, 2.45) is 52.3 Å². The topological polar surface area (TPSA) is 9.23 Å². The molecule has 0 aromatic carbocycles. The third kappa shape index (κ3) is 4.63. The lowest BCUT2D eigenvalue weighted by Gasteiger charge is -2.58. The summed E-state index contributed by atoms with van der Waals surface area (Å²) in [6, 6.07) is 0. The van der Waals surface area contributed by atoms with E-state index in [1.807, 2.05) is 0 Å². The molecule has 3 saturated carbocycles. The number of fused-ring (bicyclic) bond motifs is 5. The van der Waals surface area contributed by atoms with E-state index in [-0.39, 0.29) is 0 Å². The average Bonchev–Trinajstić information content (AvgIpc) is 3.09. The van der Waals surface area contributed by atoms with E-state index >= 15 is 0 Å². The van der Waals surface area contributed by atoms with Crippen molar-refractivity contribution in [1.82, 2.24) is 0 Å². The number of allylic oxidation sites excluding steroid dienone is 1. The van der Waals surface area contributed by atoms with E-state index in [2.05, 4.69) is 54.5 Å². The molecule has 0 radical (unpaired) electrons. The molecule has 0 heterocycles. The molecule has 184 valence electrons. The molecular formula is C31H54O. The molecule has 0 N–H and O–H groups in total. The number of rotatable bonds is 8. The fraction of sp³-hybridized carbons (Fsp3) is 0.935. The van der Waals surface area contributed by atoms with Gasteiger partial charge >= 0.3 is 0 Å². The van der Waals surface area contributed by atoms with E-state index in [9.17, 15) is 0 Å². The van der Waals surface area contributed by atoms with Crippen molar-refractivity contribution in [3.05, 3.63) is 11.6 Å². The van der Waals surface area contributed by atoms with E-state index in [1.54, 1.807) is 5.57 Å². The van der Waals surface area contributed by atoms with Crippen molar-refractivity contribution in [2.45, 2.75) is 125 Å². The van der Waals surface area contributed by atoms with Crippen LogP contribution in [0.1, 0.15) is 119 Å². The third-order valence-corrected chi connectivity index (χ3v) is 10.9. The number of ether oxygens (including phenoxy) is 1. The largest absolute Gasteiger partial charge is 0.378 e. The highest BCUT2D eigenvalue weighted by Crippen LogP contribution is 2.67. The van der Waals surface area contributed by atoms with E-state index in [4.69, 9.17) is 4.74 Å². The summed E-state index contributed by atoms with van der Waals surface area (Å²) in [4.78, 5) is 0. The molecule has 4 rings (SSSR count). The lowest BCUT2D eigenvalue weighted by molar-refractivity contribution is -0.0656. The predicted molar refractivity (Wildman–Crippen MR) is 138 cm³/mol. The minimum absolute atomic E-state index is 0.461. The standard InChI is InChI=1S/C31H54O/c1-21(2)9-8-10-23(5)27-13-14-28-26-12-11-24-19-25(32-20-22(3)4)15-17-30(24,6)29(26)16-18-31(27,28)7/h11,21-23,25-29H,8-10,12-20H2,1-7H3/t23?,25-,26?,27?,28?,29?,30?,31?/m0/s1. The van der Waals surface area contributed by atoms with Gasteiger partial charge in [-0.2, -0.15) is 0 Å². The minimum atomic E-state index is 0.461. The van der Waals surface area contributed by atoms with Crippen molar-refractivity contribution in [2.75, 3.05) is 6.61 Å². The van der Waals surface area contributed by atoms with Gasteiger partial charge < -0.3 is 4.74 Å². The molecule has 3 fully saturated rings. The Labute approximate surface area is 200 Å². The summed E-state index contributed by atoms with van der Waals surface area (Å²) in [5.41, 5.74) is 2.85. The first kappa shape index (κ1) is 24.8. The van der Waals surface area contributed by atoms with Crippen molar-refractivity contribution in [3.63, 3.8) is 0 Å². The van der Waals surface area contributed by atoms with Gasteiger partial charge in [-0.1, -0.05) is 79.4 Å². The predicted octanol–water partition coefficient (Wildman–Crippen LogP) is 9.07. The Hall–Kier alpha value is -0.300. The molecule has 0 aromatic rings. The Balaban J connectivity index is 1.44. The first-order chi connectivity index (χ1) is 15.1. The summed E-state index contributed by atoms with van der Waals surface area (Å²) in [5.74, 6) is 6.25. The molecule has 0 amide bonds. The fourth-order valence-electron chi connectivity index (χ4n) is 9.12. The van der Waals surface area contributed by atoms with Crippen molar-refractivity contribution in [1.29, 1.82) is 0 Å². The Morgan fingerprint density at radius 1 is 0.906 bits per heavy atom. The zero-order valence-electron chi connectivity index (χ0n) is 22.6. The van der Waals surface area contributed by atoms with Gasteiger partial charge in [0.2, 0.25) is 0 Å². The first-order valence-electron chi connectivity index (χ1n) is 14.5. The summed E-state index contributed by atoms with van der Waals surface area (Å²) < 4.78 is 6.31. The van der Waals surface area contributed by atoms with Gasteiger partial charge in [0, 0.05) is 6.61 Å². The van der Waals surface area contributed by atoms with Crippen LogP contribution in [0.2, 0.25) is 0 Å².